The van der Waals surface area contributed by atoms with Crippen LogP contribution >= 0.6 is 23.8 Å². The first-order chi connectivity index (χ1) is 13.4. The van der Waals surface area contributed by atoms with E-state index in [1.54, 1.807) is 7.11 Å². The van der Waals surface area contributed by atoms with Crippen molar-refractivity contribution in [2.75, 3.05) is 12.4 Å². The third kappa shape index (κ3) is 4.26. The Kier molecular flexibility index (Phi) is 6.47. The normalized spacial score (nSPS) is 11.1. The second-order valence-electron chi connectivity index (χ2n) is 6.96. The third-order valence-corrected chi connectivity index (χ3v) is 5.47. The van der Waals surface area contributed by atoms with Crippen molar-refractivity contribution in [2.45, 2.75) is 39.9 Å². The molecule has 0 aliphatic heterocycles. The van der Waals surface area contributed by atoms with E-state index in [4.69, 9.17) is 28.6 Å². The van der Waals surface area contributed by atoms with Gasteiger partial charge in [-0.05, 0) is 62.8 Å². The molecular formula is C22H26ClN3OS. The zero-order valence-corrected chi connectivity index (χ0v) is 18.3. The molecule has 0 amide bonds. The molecule has 0 saturated carbocycles. The van der Waals surface area contributed by atoms with Crippen molar-refractivity contribution in [3.05, 3.63) is 59.2 Å². The SMILES string of the molecule is CCn1cc(CN(C(=S)Nc2ccc(OC)c(Cl)c2)C(C)C)c2ccccc21. The summed E-state index contributed by atoms with van der Waals surface area (Å²) in [5.41, 5.74) is 3.37. The monoisotopic (exact) mass is 415 g/mol. The molecule has 0 spiro atoms. The molecule has 0 aliphatic rings. The molecule has 0 fully saturated rings. The summed E-state index contributed by atoms with van der Waals surface area (Å²) in [7, 11) is 1.60. The standard InChI is InChI=1S/C22H26ClN3OS/c1-5-25-13-16(18-8-6-7-9-20(18)25)14-26(15(2)3)22(28)24-17-10-11-21(27-4)19(23)12-17/h6-13,15H,5,14H2,1-4H3,(H,24,28). The first-order valence-corrected chi connectivity index (χ1v) is 10.2. The molecule has 3 aromatic rings. The predicted octanol–water partition coefficient (Wildman–Crippen LogP) is 5.93. The molecule has 28 heavy (non-hydrogen) atoms. The van der Waals surface area contributed by atoms with Crippen molar-refractivity contribution in [1.82, 2.24) is 9.47 Å². The summed E-state index contributed by atoms with van der Waals surface area (Å²) >= 11 is 12.0. The number of fused-ring (bicyclic) bond motifs is 1. The number of ether oxygens (including phenoxy) is 1. The number of hydrogen-bond acceptors (Lipinski definition) is 2. The van der Waals surface area contributed by atoms with Crippen LogP contribution < -0.4 is 10.1 Å². The van der Waals surface area contributed by atoms with E-state index < -0.39 is 0 Å². The van der Waals surface area contributed by atoms with Gasteiger partial charge in [0.05, 0.1) is 12.1 Å². The molecule has 2 aromatic carbocycles. The molecular weight excluding hydrogens is 390 g/mol. The maximum Gasteiger partial charge on any atom is 0.173 e. The highest BCUT2D eigenvalue weighted by Gasteiger charge is 2.17. The van der Waals surface area contributed by atoms with Crippen LogP contribution in [0.5, 0.6) is 5.75 Å². The zero-order chi connectivity index (χ0) is 20.3. The lowest BCUT2D eigenvalue weighted by atomic mass is 10.1. The maximum atomic E-state index is 6.24. The van der Waals surface area contributed by atoms with Crippen LogP contribution in [0.4, 0.5) is 5.69 Å². The molecule has 0 unspecified atom stereocenters. The number of halogens is 1. The number of aromatic nitrogens is 1. The Morgan fingerprint density at radius 2 is 2.00 bits per heavy atom. The Labute approximate surface area is 177 Å². The number of thiocarbonyl (C=S) groups is 1. The number of para-hydroxylation sites is 1. The van der Waals surface area contributed by atoms with E-state index in [-0.39, 0.29) is 6.04 Å². The van der Waals surface area contributed by atoms with Crippen LogP contribution in [0.1, 0.15) is 26.3 Å². The van der Waals surface area contributed by atoms with Gasteiger partial charge in [0.15, 0.2) is 5.11 Å². The Balaban J connectivity index is 1.84. The van der Waals surface area contributed by atoms with Crippen LogP contribution in [0.2, 0.25) is 5.02 Å². The number of hydrogen-bond donors (Lipinski definition) is 1. The zero-order valence-electron chi connectivity index (χ0n) is 16.7. The number of benzene rings is 2. The van der Waals surface area contributed by atoms with E-state index in [0.29, 0.717) is 15.9 Å². The number of nitrogens with zero attached hydrogens (tertiary/aromatic N) is 2. The molecule has 0 atom stereocenters. The average Bonchev–Trinajstić information content (AvgIpc) is 3.03. The van der Waals surface area contributed by atoms with Crippen molar-refractivity contribution < 1.29 is 4.74 Å². The Morgan fingerprint density at radius 1 is 1.25 bits per heavy atom. The summed E-state index contributed by atoms with van der Waals surface area (Å²) in [5.74, 6) is 0.645. The van der Waals surface area contributed by atoms with Gasteiger partial charge in [-0.25, -0.2) is 0 Å². The van der Waals surface area contributed by atoms with Crippen molar-refractivity contribution in [1.29, 1.82) is 0 Å². The summed E-state index contributed by atoms with van der Waals surface area (Å²) in [6, 6.07) is 14.3. The van der Waals surface area contributed by atoms with Crippen LogP contribution in [-0.2, 0) is 13.1 Å². The molecule has 0 aliphatic carbocycles. The van der Waals surface area contributed by atoms with Gasteiger partial charge < -0.3 is 19.5 Å². The lowest BCUT2D eigenvalue weighted by Crippen LogP contribution is -2.39. The van der Waals surface area contributed by atoms with E-state index >= 15 is 0 Å². The van der Waals surface area contributed by atoms with E-state index in [0.717, 1.165) is 18.8 Å². The van der Waals surface area contributed by atoms with Crippen LogP contribution in [0.15, 0.2) is 48.7 Å². The molecule has 4 nitrogen and oxygen atoms in total. The van der Waals surface area contributed by atoms with Gasteiger partial charge in [0, 0.05) is 41.9 Å². The molecule has 0 saturated heterocycles. The number of nitrogens with one attached hydrogen (secondary N) is 1. The fourth-order valence-corrected chi connectivity index (χ4v) is 3.97. The lowest BCUT2D eigenvalue weighted by Gasteiger charge is -2.29. The molecule has 0 bridgehead atoms. The highest BCUT2D eigenvalue weighted by molar-refractivity contribution is 7.80. The summed E-state index contributed by atoms with van der Waals surface area (Å²) in [5, 5.41) is 5.81. The van der Waals surface area contributed by atoms with Crippen LogP contribution in [0.25, 0.3) is 10.9 Å². The second kappa shape index (κ2) is 8.84. The lowest BCUT2D eigenvalue weighted by molar-refractivity contribution is 0.349. The Hall–Kier alpha value is -2.24. The van der Waals surface area contributed by atoms with Gasteiger partial charge in [-0.2, -0.15) is 0 Å². The number of anilines is 1. The molecule has 6 heteroatoms. The average molecular weight is 416 g/mol. The summed E-state index contributed by atoms with van der Waals surface area (Å²) in [6.07, 6.45) is 2.23. The van der Waals surface area contributed by atoms with Gasteiger partial charge in [0.1, 0.15) is 5.75 Å². The van der Waals surface area contributed by atoms with Crippen molar-refractivity contribution in [3.8, 4) is 5.75 Å². The van der Waals surface area contributed by atoms with Crippen LogP contribution in [-0.4, -0.2) is 27.7 Å². The Bertz CT molecular complexity index is 983. The third-order valence-electron chi connectivity index (χ3n) is 4.84. The van der Waals surface area contributed by atoms with Crippen LogP contribution in [0.3, 0.4) is 0 Å². The maximum absolute atomic E-state index is 6.24. The quantitative estimate of drug-likeness (QED) is 0.505. The fraction of sp³-hybridized carbons (Fsp3) is 0.318. The van der Waals surface area contributed by atoms with Gasteiger partial charge in [-0.1, -0.05) is 29.8 Å². The van der Waals surface area contributed by atoms with Crippen molar-refractivity contribution >= 4 is 45.5 Å². The molecule has 3 rings (SSSR count). The minimum absolute atomic E-state index is 0.248. The molecule has 0 radical (unpaired) electrons. The summed E-state index contributed by atoms with van der Waals surface area (Å²) in [4.78, 5) is 2.19. The van der Waals surface area contributed by atoms with E-state index in [2.05, 4.69) is 66.0 Å². The van der Waals surface area contributed by atoms with E-state index in [9.17, 15) is 0 Å². The first-order valence-electron chi connectivity index (χ1n) is 9.42. The number of aryl methyl sites for hydroxylation is 1. The summed E-state index contributed by atoms with van der Waals surface area (Å²) in [6.45, 7) is 8.13. The highest BCUT2D eigenvalue weighted by atomic mass is 35.5. The number of rotatable bonds is 6. The fourth-order valence-electron chi connectivity index (χ4n) is 3.32. The molecule has 1 aromatic heterocycles. The Morgan fingerprint density at radius 3 is 2.64 bits per heavy atom. The minimum Gasteiger partial charge on any atom is -0.495 e. The van der Waals surface area contributed by atoms with Crippen LogP contribution in [0, 0.1) is 0 Å². The second-order valence-corrected chi connectivity index (χ2v) is 7.75. The number of methoxy groups -OCH3 is 1. The molecule has 148 valence electrons. The van der Waals surface area contributed by atoms with Gasteiger partial charge >= 0.3 is 0 Å². The van der Waals surface area contributed by atoms with Gasteiger partial charge in [0.2, 0.25) is 0 Å². The van der Waals surface area contributed by atoms with E-state index in [1.807, 2.05) is 18.2 Å². The predicted molar refractivity (Wildman–Crippen MR) is 123 cm³/mol. The van der Waals surface area contributed by atoms with Gasteiger partial charge in [-0.3, -0.25) is 0 Å². The highest BCUT2D eigenvalue weighted by Crippen LogP contribution is 2.28. The van der Waals surface area contributed by atoms with Gasteiger partial charge in [0.25, 0.3) is 0 Å². The van der Waals surface area contributed by atoms with Crippen molar-refractivity contribution in [2.24, 2.45) is 0 Å². The molecule has 1 N–H and O–H groups in total. The van der Waals surface area contributed by atoms with Gasteiger partial charge in [-0.15, -0.1) is 0 Å². The largest absolute Gasteiger partial charge is 0.495 e. The minimum atomic E-state index is 0.248. The van der Waals surface area contributed by atoms with E-state index in [1.165, 1.54) is 16.5 Å². The van der Waals surface area contributed by atoms with Crippen molar-refractivity contribution in [3.63, 3.8) is 0 Å². The summed E-state index contributed by atoms with van der Waals surface area (Å²) < 4.78 is 7.50. The molecule has 1 heterocycles. The first kappa shape index (κ1) is 20.5. The topological polar surface area (TPSA) is 29.4 Å². The smallest absolute Gasteiger partial charge is 0.173 e.